The highest BCUT2D eigenvalue weighted by atomic mass is 32.1. The average Bonchev–Trinajstić information content (AvgIpc) is 3.02. The summed E-state index contributed by atoms with van der Waals surface area (Å²) < 4.78 is 30.6. The summed E-state index contributed by atoms with van der Waals surface area (Å²) in [5.41, 5.74) is 10.1. The molecule has 1 amide bonds. The number of methoxy groups -OCH3 is 1. The van der Waals surface area contributed by atoms with Gasteiger partial charge in [0.05, 0.1) is 12.5 Å². The molecule has 166 valence electrons. The van der Waals surface area contributed by atoms with Crippen LogP contribution in [0.15, 0.2) is 59.5 Å². The number of ether oxygens (including phenoxy) is 1. The molecule has 1 fully saturated rings. The number of hydrogen-bond acceptors (Lipinski definition) is 4. The number of carbonyl (C=O) groups excluding carboxylic acids is 1. The maximum absolute atomic E-state index is 13.4. The Labute approximate surface area is 191 Å². The van der Waals surface area contributed by atoms with Crippen LogP contribution < -0.4 is 15.8 Å². The summed E-state index contributed by atoms with van der Waals surface area (Å²) in [6.45, 7) is 0. The Morgan fingerprint density at radius 3 is 2.47 bits per heavy atom. The van der Waals surface area contributed by atoms with Gasteiger partial charge in [0.2, 0.25) is 5.91 Å². The van der Waals surface area contributed by atoms with Gasteiger partial charge >= 0.3 is 0 Å². The smallest absolute Gasteiger partial charge is 0.235 e. The fourth-order valence-electron chi connectivity index (χ4n) is 4.29. The molecule has 3 N–H and O–H groups in total. The highest BCUT2D eigenvalue weighted by molar-refractivity contribution is 7.80. The number of halogens is 2. The van der Waals surface area contributed by atoms with Gasteiger partial charge in [-0.05, 0) is 72.4 Å². The van der Waals surface area contributed by atoms with E-state index in [2.05, 4.69) is 17.9 Å². The summed E-state index contributed by atoms with van der Waals surface area (Å²) in [6.07, 6.45) is 3.39. The van der Waals surface area contributed by atoms with Gasteiger partial charge in [0.25, 0.3) is 0 Å². The van der Waals surface area contributed by atoms with Crippen LogP contribution in [0.5, 0.6) is 5.75 Å². The van der Waals surface area contributed by atoms with Crippen molar-refractivity contribution in [3.8, 4) is 5.75 Å². The fraction of sp³-hybridized carbons (Fsp3) is 0.240. The average molecular weight is 455 g/mol. The SMILES string of the molecule is COc1cc(F)ccc1S.Nc1cc(Cc2cccc(F)c2)c2c(c1)C1(CCC1)C(=O)N2. The van der Waals surface area contributed by atoms with E-state index in [0.717, 1.165) is 41.6 Å². The number of thiol groups is 1. The van der Waals surface area contributed by atoms with E-state index < -0.39 is 0 Å². The second-order valence-corrected chi connectivity index (χ2v) is 8.60. The number of nitrogens with two attached hydrogens (primary N) is 1. The van der Waals surface area contributed by atoms with Crippen LogP contribution in [0.3, 0.4) is 0 Å². The molecule has 0 radical (unpaired) electrons. The molecule has 3 aromatic carbocycles. The zero-order chi connectivity index (χ0) is 22.9. The molecule has 32 heavy (non-hydrogen) atoms. The normalized spacial score (nSPS) is 15.3. The number of rotatable bonds is 3. The molecule has 1 heterocycles. The highest BCUT2D eigenvalue weighted by Gasteiger charge is 2.51. The Hall–Kier alpha value is -3.06. The lowest BCUT2D eigenvalue weighted by atomic mass is 9.65. The van der Waals surface area contributed by atoms with Crippen molar-refractivity contribution in [1.29, 1.82) is 0 Å². The van der Waals surface area contributed by atoms with Crippen molar-refractivity contribution in [2.24, 2.45) is 0 Å². The molecule has 7 heteroatoms. The summed E-state index contributed by atoms with van der Waals surface area (Å²) in [7, 11) is 1.48. The Kier molecular flexibility index (Phi) is 6.11. The summed E-state index contributed by atoms with van der Waals surface area (Å²) >= 11 is 4.03. The van der Waals surface area contributed by atoms with Crippen LogP contribution in [-0.4, -0.2) is 13.0 Å². The quantitative estimate of drug-likeness (QED) is 0.362. The molecular weight excluding hydrogens is 430 g/mol. The first kappa shape index (κ1) is 22.1. The molecule has 1 aliphatic carbocycles. The first-order valence-corrected chi connectivity index (χ1v) is 10.8. The third-order valence-electron chi connectivity index (χ3n) is 6.06. The summed E-state index contributed by atoms with van der Waals surface area (Å²) in [5.74, 6) is -0.0182. The Balaban J connectivity index is 0.000000207. The largest absolute Gasteiger partial charge is 0.495 e. The Bertz CT molecular complexity index is 1180. The van der Waals surface area contributed by atoms with Gasteiger partial charge < -0.3 is 15.8 Å². The zero-order valence-electron chi connectivity index (χ0n) is 17.6. The molecular formula is C25H24F2N2O2S. The first-order chi connectivity index (χ1) is 15.3. The monoisotopic (exact) mass is 454 g/mol. The van der Waals surface area contributed by atoms with Crippen molar-refractivity contribution in [1.82, 2.24) is 0 Å². The number of hydrogen-bond donors (Lipinski definition) is 3. The summed E-state index contributed by atoms with van der Waals surface area (Å²) in [4.78, 5) is 13.0. The molecule has 0 aromatic heterocycles. The van der Waals surface area contributed by atoms with Gasteiger partial charge in [0.15, 0.2) is 0 Å². The van der Waals surface area contributed by atoms with Crippen molar-refractivity contribution >= 4 is 29.9 Å². The number of nitrogen functional groups attached to an aromatic ring is 1. The Morgan fingerprint density at radius 1 is 1.09 bits per heavy atom. The van der Waals surface area contributed by atoms with Crippen LogP contribution in [0.25, 0.3) is 0 Å². The molecule has 4 nitrogen and oxygen atoms in total. The van der Waals surface area contributed by atoms with Crippen molar-refractivity contribution < 1.29 is 18.3 Å². The summed E-state index contributed by atoms with van der Waals surface area (Å²) in [6, 6.07) is 14.5. The van der Waals surface area contributed by atoms with Gasteiger partial charge in [0, 0.05) is 22.3 Å². The molecule has 0 saturated heterocycles. The van der Waals surface area contributed by atoms with Crippen LogP contribution in [0, 0.1) is 11.6 Å². The van der Waals surface area contributed by atoms with Crippen molar-refractivity contribution in [2.45, 2.75) is 36.0 Å². The second-order valence-electron chi connectivity index (χ2n) is 8.12. The highest BCUT2D eigenvalue weighted by Crippen LogP contribution is 2.52. The molecule has 0 atom stereocenters. The standard InChI is InChI=1S/C18H17FN2O.C7H7FOS/c19-13-4-1-3-11(8-13)7-12-9-14(20)10-15-16(12)21-17(22)18(15)5-2-6-18;1-9-6-4-5(8)2-3-7(6)10/h1,3-4,8-10H,2,5-7,20H2,(H,21,22);2-4,10H,1H3. The van der Waals surface area contributed by atoms with E-state index in [1.54, 1.807) is 12.1 Å². The topological polar surface area (TPSA) is 64.3 Å². The van der Waals surface area contributed by atoms with Gasteiger partial charge in [-0.1, -0.05) is 18.6 Å². The van der Waals surface area contributed by atoms with E-state index in [9.17, 15) is 13.6 Å². The van der Waals surface area contributed by atoms with E-state index in [1.807, 2.05) is 18.2 Å². The van der Waals surface area contributed by atoms with Crippen LogP contribution >= 0.6 is 12.6 Å². The maximum atomic E-state index is 13.4. The fourth-order valence-corrected chi connectivity index (χ4v) is 4.52. The van der Waals surface area contributed by atoms with Crippen LogP contribution in [0.1, 0.15) is 36.0 Å². The molecule has 1 saturated carbocycles. The maximum Gasteiger partial charge on any atom is 0.235 e. The summed E-state index contributed by atoms with van der Waals surface area (Å²) in [5, 5.41) is 3.03. The van der Waals surface area contributed by atoms with E-state index in [0.29, 0.717) is 22.8 Å². The molecule has 1 aliphatic heterocycles. The number of anilines is 2. The number of carbonyl (C=O) groups is 1. The third-order valence-corrected chi connectivity index (χ3v) is 6.43. The number of fused-ring (bicyclic) bond motifs is 2. The lowest BCUT2D eigenvalue weighted by molar-refractivity contribution is -0.123. The van der Waals surface area contributed by atoms with Crippen LogP contribution in [0.4, 0.5) is 20.2 Å². The number of benzene rings is 3. The molecule has 2 aliphatic rings. The van der Waals surface area contributed by atoms with Gasteiger partial charge in [-0.25, -0.2) is 8.78 Å². The molecule has 0 unspecified atom stereocenters. The minimum atomic E-state index is -0.374. The molecule has 0 bridgehead atoms. The van der Waals surface area contributed by atoms with E-state index >= 15 is 0 Å². The molecule has 1 spiro atoms. The van der Waals surface area contributed by atoms with Gasteiger partial charge in [-0.2, -0.15) is 0 Å². The van der Waals surface area contributed by atoms with Crippen molar-refractivity contribution in [3.05, 3.63) is 82.9 Å². The molecule has 5 rings (SSSR count). The van der Waals surface area contributed by atoms with Crippen molar-refractivity contribution in [2.75, 3.05) is 18.2 Å². The van der Waals surface area contributed by atoms with Crippen LogP contribution in [0.2, 0.25) is 0 Å². The third kappa shape index (κ3) is 4.17. The first-order valence-electron chi connectivity index (χ1n) is 10.3. The molecule has 3 aromatic rings. The second kappa shape index (κ2) is 8.82. The van der Waals surface area contributed by atoms with Gasteiger partial charge in [-0.3, -0.25) is 4.79 Å². The predicted molar refractivity (Wildman–Crippen MR) is 124 cm³/mol. The van der Waals surface area contributed by atoms with E-state index in [-0.39, 0.29) is 23.0 Å². The Morgan fingerprint density at radius 2 is 1.84 bits per heavy atom. The predicted octanol–water partition coefficient (Wildman–Crippen LogP) is 5.50. The number of amides is 1. The van der Waals surface area contributed by atoms with Gasteiger partial charge in [0.1, 0.15) is 17.4 Å². The number of nitrogens with one attached hydrogen (secondary N) is 1. The zero-order valence-corrected chi connectivity index (χ0v) is 18.5. The lowest BCUT2D eigenvalue weighted by Gasteiger charge is -2.36. The van der Waals surface area contributed by atoms with Crippen LogP contribution in [-0.2, 0) is 16.6 Å². The van der Waals surface area contributed by atoms with E-state index in [1.165, 1.54) is 31.4 Å². The minimum Gasteiger partial charge on any atom is -0.495 e. The van der Waals surface area contributed by atoms with Gasteiger partial charge in [-0.15, -0.1) is 12.6 Å². The lowest BCUT2D eigenvalue weighted by Crippen LogP contribution is -2.40. The van der Waals surface area contributed by atoms with E-state index in [4.69, 9.17) is 10.5 Å². The minimum absolute atomic E-state index is 0.0832. The van der Waals surface area contributed by atoms with Crippen molar-refractivity contribution in [3.63, 3.8) is 0 Å².